The van der Waals surface area contributed by atoms with Crippen molar-refractivity contribution in [3.63, 3.8) is 0 Å². The van der Waals surface area contributed by atoms with Gasteiger partial charge in [0.1, 0.15) is 0 Å². The van der Waals surface area contributed by atoms with Gasteiger partial charge in [-0.3, -0.25) is 19.3 Å². The first kappa shape index (κ1) is 24.3. The van der Waals surface area contributed by atoms with Crippen LogP contribution in [-0.4, -0.2) is 90.4 Å². The van der Waals surface area contributed by atoms with Crippen molar-refractivity contribution in [2.24, 2.45) is 0 Å². The Labute approximate surface area is 200 Å². The summed E-state index contributed by atoms with van der Waals surface area (Å²) in [5.74, 6) is -0.770. The molecule has 0 aromatic heterocycles. The molecule has 1 fully saturated rings. The van der Waals surface area contributed by atoms with E-state index in [1.807, 2.05) is 12.1 Å². The maximum absolute atomic E-state index is 13.0. The SMILES string of the molecule is CCN(CC)S(=O)(=O)N1CCN(C(=O)CCCN2C(=O)c3cccc4cccc(c34)C2=O)CC1. The van der Waals surface area contributed by atoms with Gasteiger partial charge in [0.2, 0.25) is 5.91 Å². The zero-order valence-electron chi connectivity index (χ0n) is 19.6. The highest BCUT2D eigenvalue weighted by molar-refractivity contribution is 7.86. The third-order valence-corrected chi connectivity index (χ3v) is 8.76. The fraction of sp³-hybridized carbons (Fsp3) is 0.458. The Bertz CT molecular complexity index is 1170. The molecule has 1 saturated heterocycles. The van der Waals surface area contributed by atoms with Crippen LogP contribution in [0.2, 0.25) is 0 Å². The van der Waals surface area contributed by atoms with Crippen LogP contribution in [0.1, 0.15) is 47.4 Å². The molecule has 2 aromatic carbocycles. The van der Waals surface area contributed by atoms with E-state index in [1.165, 1.54) is 13.5 Å². The molecule has 0 atom stereocenters. The minimum absolute atomic E-state index is 0.0979. The van der Waals surface area contributed by atoms with Crippen LogP contribution in [0.3, 0.4) is 0 Å². The average molecular weight is 487 g/mol. The van der Waals surface area contributed by atoms with Gasteiger partial charge in [0.15, 0.2) is 0 Å². The highest BCUT2D eigenvalue weighted by Crippen LogP contribution is 2.30. The number of carbonyl (C=O) groups excluding carboxylic acids is 3. The lowest BCUT2D eigenvalue weighted by atomic mass is 9.94. The number of amides is 3. The molecular formula is C24H30N4O5S. The van der Waals surface area contributed by atoms with Crippen LogP contribution in [0.4, 0.5) is 0 Å². The van der Waals surface area contributed by atoms with Crippen LogP contribution in [0.25, 0.3) is 10.8 Å². The van der Waals surface area contributed by atoms with Gasteiger partial charge in [-0.2, -0.15) is 17.0 Å². The Hall–Kier alpha value is -2.82. The Morgan fingerprint density at radius 3 is 2.00 bits per heavy atom. The minimum Gasteiger partial charge on any atom is -0.340 e. The second kappa shape index (κ2) is 9.81. The van der Waals surface area contributed by atoms with Crippen LogP contribution in [0.15, 0.2) is 36.4 Å². The number of benzene rings is 2. The second-order valence-corrected chi connectivity index (χ2v) is 10.4. The van der Waals surface area contributed by atoms with E-state index in [9.17, 15) is 22.8 Å². The number of piperazine rings is 1. The first-order valence-corrected chi connectivity index (χ1v) is 13.1. The largest absolute Gasteiger partial charge is 0.340 e. The highest BCUT2D eigenvalue weighted by atomic mass is 32.2. The number of hydrogen-bond acceptors (Lipinski definition) is 5. The van der Waals surface area contributed by atoms with E-state index < -0.39 is 10.2 Å². The first-order valence-electron chi connectivity index (χ1n) is 11.7. The minimum atomic E-state index is -3.51. The average Bonchev–Trinajstić information content (AvgIpc) is 2.85. The quantitative estimate of drug-likeness (QED) is 0.531. The van der Waals surface area contributed by atoms with E-state index >= 15 is 0 Å². The van der Waals surface area contributed by atoms with Crippen molar-refractivity contribution in [3.05, 3.63) is 47.5 Å². The second-order valence-electron chi connectivity index (χ2n) is 8.45. The van der Waals surface area contributed by atoms with Gasteiger partial charge in [-0.25, -0.2) is 0 Å². The zero-order valence-corrected chi connectivity index (χ0v) is 20.4. The van der Waals surface area contributed by atoms with Crippen LogP contribution < -0.4 is 0 Å². The van der Waals surface area contributed by atoms with Crippen LogP contribution >= 0.6 is 0 Å². The molecule has 0 aliphatic carbocycles. The van der Waals surface area contributed by atoms with Crippen molar-refractivity contribution in [2.45, 2.75) is 26.7 Å². The number of carbonyl (C=O) groups is 3. The topological polar surface area (TPSA) is 98.3 Å². The molecule has 2 aliphatic heterocycles. The first-order chi connectivity index (χ1) is 16.3. The summed E-state index contributed by atoms with van der Waals surface area (Å²) in [5.41, 5.74) is 1.01. The van der Waals surface area contributed by atoms with Crippen molar-refractivity contribution in [1.29, 1.82) is 0 Å². The summed E-state index contributed by atoms with van der Waals surface area (Å²) in [5, 5.41) is 1.54. The number of nitrogens with zero attached hydrogens (tertiary/aromatic N) is 4. The summed E-state index contributed by atoms with van der Waals surface area (Å²) in [6, 6.07) is 10.8. The lowest BCUT2D eigenvalue weighted by Gasteiger charge is -2.36. The standard InChI is InChI=1S/C24H30N4O5S/c1-3-26(4-2)34(32,33)27-16-14-25(15-17-27)21(29)12-7-13-28-23(30)19-10-5-8-18-9-6-11-20(22(18)19)24(28)31/h5-6,8-11H,3-4,7,12-17H2,1-2H3. The highest BCUT2D eigenvalue weighted by Gasteiger charge is 2.34. The predicted molar refractivity (Wildman–Crippen MR) is 129 cm³/mol. The number of imide groups is 1. The van der Waals surface area contributed by atoms with Crippen molar-refractivity contribution in [2.75, 3.05) is 45.8 Å². The maximum Gasteiger partial charge on any atom is 0.282 e. The number of hydrogen-bond donors (Lipinski definition) is 0. The predicted octanol–water partition coefficient (Wildman–Crippen LogP) is 1.95. The zero-order chi connectivity index (χ0) is 24.5. The van der Waals surface area contributed by atoms with Gasteiger partial charge in [-0.05, 0) is 23.9 Å². The van der Waals surface area contributed by atoms with Gasteiger partial charge in [0.05, 0.1) is 0 Å². The summed E-state index contributed by atoms with van der Waals surface area (Å²) < 4.78 is 28.2. The molecule has 0 bridgehead atoms. The van der Waals surface area contributed by atoms with Gasteiger partial charge in [0.25, 0.3) is 22.0 Å². The van der Waals surface area contributed by atoms with Crippen LogP contribution in [0.5, 0.6) is 0 Å². The summed E-state index contributed by atoms with van der Waals surface area (Å²) in [4.78, 5) is 41.5. The van der Waals surface area contributed by atoms with Gasteiger partial charge >= 0.3 is 0 Å². The van der Waals surface area contributed by atoms with E-state index in [1.54, 1.807) is 43.0 Å². The van der Waals surface area contributed by atoms with E-state index in [0.717, 1.165) is 5.39 Å². The molecule has 0 unspecified atom stereocenters. The smallest absolute Gasteiger partial charge is 0.282 e. The molecule has 10 heteroatoms. The number of rotatable bonds is 8. The summed E-state index contributed by atoms with van der Waals surface area (Å²) in [7, 11) is -3.51. The molecule has 0 spiro atoms. The fourth-order valence-corrected chi connectivity index (χ4v) is 6.32. The molecular weight excluding hydrogens is 456 g/mol. The van der Waals surface area contributed by atoms with Gasteiger partial charge < -0.3 is 4.90 Å². The lowest BCUT2D eigenvalue weighted by molar-refractivity contribution is -0.132. The Morgan fingerprint density at radius 2 is 1.47 bits per heavy atom. The van der Waals surface area contributed by atoms with Crippen LogP contribution in [-0.2, 0) is 15.0 Å². The molecule has 4 rings (SSSR count). The molecule has 2 aliphatic rings. The Balaban J connectivity index is 1.33. The normalized spacial score (nSPS) is 17.1. The molecule has 2 heterocycles. The van der Waals surface area contributed by atoms with E-state index in [-0.39, 0.29) is 43.8 Å². The van der Waals surface area contributed by atoms with Gasteiger partial charge in [-0.1, -0.05) is 38.1 Å². The van der Waals surface area contributed by atoms with Crippen LogP contribution in [0, 0.1) is 0 Å². The molecule has 0 saturated carbocycles. The molecule has 3 amide bonds. The van der Waals surface area contributed by atoms with E-state index in [4.69, 9.17) is 0 Å². The van der Waals surface area contributed by atoms with Crippen molar-refractivity contribution >= 4 is 38.7 Å². The third kappa shape index (κ3) is 4.33. The molecule has 0 N–H and O–H groups in total. The summed E-state index contributed by atoms with van der Waals surface area (Å²) >= 11 is 0. The molecule has 34 heavy (non-hydrogen) atoms. The maximum atomic E-state index is 13.0. The molecule has 182 valence electrons. The van der Waals surface area contributed by atoms with Gasteiger partial charge in [-0.15, -0.1) is 0 Å². The van der Waals surface area contributed by atoms with Crippen molar-refractivity contribution in [1.82, 2.24) is 18.4 Å². The lowest BCUT2D eigenvalue weighted by Crippen LogP contribution is -2.54. The van der Waals surface area contributed by atoms with Crippen molar-refractivity contribution < 1.29 is 22.8 Å². The fourth-order valence-electron chi connectivity index (χ4n) is 4.71. The van der Waals surface area contributed by atoms with E-state index in [0.29, 0.717) is 49.1 Å². The Morgan fingerprint density at radius 1 is 0.912 bits per heavy atom. The van der Waals surface area contributed by atoms with Gasteiger partial charge in [0, 0.05) is 68.7 Å². The molecule has 0 radical (unpaired) electrons. The summed E-state index contributed by atoms with van der Waals surface area (Å²) in [6.07, 6.45) is 0.540. The Kier molecular flexibility index (Phi) is 7.01. The summed E-state index contributed by atoms with van der Waals surface area (Å²) in [6.45, 7) is 5.75. The molecule has 2 aromatic rings. The third-order valence-electron chi connectivity index (χ3n) is 6.58. The molecule has 9 nitrogen and oxygen atoms in total. The monoisotopic (exact) mass is 486 g/mol. The van der Waals surface area contributed by atoms with Crippen molar-refractivity contribution in [3.8, 4) is 0 Å². The van der Waals surface area contributed by atoms with E-state index in [2.05, 4.69) is 0 Å².